The molecule has 2 aromatic rings. The van der Waals surface area contributed by atoms with Gasteiger partial charge < -0.3 is 21.7 Å². The van der Waals surface area contributed by atoms with Crippen LogP contribution in [0.2, 0.25) is 0 Å². The number of aromatic nitrogens is 2. The molecule has 35 heavy (non-hydrogen) atoms. The van der Waals surface area contributed by atoms with Gasteiger partial charge in [-0.05, 0) is 43.9 Å². The molecule has 0 radical (unpaired) electrons. The van der Waals surface area contributed by atoms with Crippen molar-refractivity contribution in [2.75, 3.05) is 36.4 Å². The van der Waals surface area contributed by atoms with Crippen molar-refractivity contribution < 1.29 is 26.4 Å². The molecule has 0 saturated carbocycles. The van der Waals surface area contributed by atoms with Crippen LogP contribution in [0.1, 0.15) is 41.6 Å². The van der Waals surface area contributed by atoms with Gasteiger partial charge in [0.25, 0.3) is 5.91 Å². The summed E-state index contributed by atoms with van der Waals surface area (Å²) in [6.45, 7) is 1.56. The molecular weight excluding hydrogens is 487 g/mol. The maximum absolute atomic E-state index is 13.6. The van der Waals surface area contributed by atoms with Crippen LogP contribution in [0.3, 0.4) is 0 Å². The monoisotopic (exact) mass is 513 g/mol. The first-order valence-electron chi connectivity index (χ1n) is 11.1. The maximum Gasteiger partial charge on any atom is 0.416 e. The molecule has 2 aliphatic rings. The summed E-state index contributed by atoms with van der Waals surface area (Å²) in [5, 5.41) is 2.67. The minimum absolute atomic E-state index is 0.0959. The van der Waals surface area contributed by atoms with Crippen LogP contribution in [0.25, 0.3) is 0 Å². The van der Waals surface area contributed by atoms with Crippen LogP contribution in [0.5, 0.6) is 0 Å². The number of nitrogens with one attached hydrogen (secondary N) is 1. The number of sulfonamides is 1. The van der Waals surface area contributed by atoms with Crippen molar-refractivity contribution >= 4 is 33.4 Å². The molecule has 190 valence electrons. The molecule has 1 amide bonds. The molecule has 1 unspecified atom stereocenters. The third-order valence-corrected chi connectivity index (χ3v) is 7.86. The Balaban J connectivity index is 1.75. The number of nitrogens with two attached hydrogens (primary N) is 2. The zero-order valence-corrected chi connectivity index (χ0v) is 19.6. The fraction of sp³-hybridized carbons (Fsp3) is 0.476. The molecule has 1 aromatic heterocycles. The molecule has 4 rings (SSSR count). The Labute approximate surface area is 200 Å². The van der Waals surface area contributed by atoms with Gasteiger partial charge in [-0.3, -0.25) is 4.79 Å². The van der Waals surface area contributed by atoms with E-state index in [1.54, 1.807) is 4.90 Å². The quantitative estimate of drug-likeness (QED) is 0.532. The Morgan fingerprint density at radius 1 is 1.11 bits per heavy atom. The predicted octanol–water partition coefficient (Wildman–Crippen LogP) is 2.05. The lowest BCUT2D eigenvalue weighted by Gasteiger charge is -2.31. The number of piperidine rings is 1. The first kappa shape index (κ1) is 25.1. The van der Waals surface area contributed by atoms with Gasteiger partial charge in [-0.2, -0.15) is 22.5 Å². The molecule has 0 bridgehead atoms. The fourth-order valence-electron chi connectivity index (χ4n) is 4.19. The molecule has 2 fully saturated rings. The molecule has 14 heteroatoms. The highest BCUT2D eigenvalue weighted by Crippen LogP contribution is 2.35. The first-order chi connectivity index (χ1) is 16.4. The Bertz CT molecular complexity index is 1220. The third-order valence-electron chi connectivity index (χ3n) is 5.98. The molecule has 2 aliphatic heterocycles. The summed E-state index contributed by atoms with van der Waals surface area (Å²) in [4.78, 5) is 21.7. The van der Waals surface area contributed by atoms with Gasteiger partial charge in [0.05, 0.1) is 10.5 Å². The van der Waals surface area contributed by atoms with Gasteiger partial charge in [0, 0.05) is 44.1 Å². The van der Waals surface area contributed by atoms with Crippen molar-refractivity contribution in [3.8, 4) is 0 Å². The van der Waals surface area contributed by atoms with E-state index in [0.29, 0.717) is 32.0 Å². The highest BCUT2D eigenvalue weighted by molar-refractivity contribution is 7.89. The molecule has 3 heterocycles. The van der Waals surface area contributed by atoms with Crippen molar-refractivity contribution in [2.45, 2.75) is 42.8 Å². The second kappa shape index (κ2) is 9.59. The largest absolute Gasteiger partial charge is 0.416 e. The summed E-state index contributed by atoms with van der Waals surface area (Å²) in [5.41, 5.74) is 9.92. The van der Waals surface area contributed by atoms with E-state index >= 15 is 0 Å². The van der Waals surface area contributed by atoms with E-state index < -0.39 is 32.6 Å². The number of hydrogen-bond donors (Lipinski definition) is 3. The average molecular weight is 514 g/mol. The number of amides is 1. The molecular formula is C21H26F3N7O3S. The van der Waals surface area contributed by atoms with E-state index in [2.05, 4.69) is 15.3 Å². The molecule has 0 aliphatic carbocycles. The molecule has 1 aromatic carbocycles. The minimum Gasteiger partial charge on any atom is -0.365 e. The highest BCUT2D eigenvalue weighted by Gasteiger charge is 2.35. The van der Waals surface area contributed by atoms with Crippen LogP contribution in [0.15, 0.2) is 29.3 Å². The summed E-state index contributed by atoms with van der Waals surface area (Å²) >= 11 is 0. The lowest BCUT2D eigenvalue weighted by atomic mass is 10.1. The van der Waals surface area contributed by atoms with Gasteiger partial charge in [0.2, 0.25) is 16.0 Å². The molecule has 2 saturated heterocycles. The number of hydrogen-bond acceptors (Lipinski definition) is 8. The summed E-state index contributed by atoms with van der Waals surface area (Å²) in [6.07, 6.45) is -0.719. The van der Waals surface area contributed by atoms with Gasteiger partial charge in [-0.25, -0.2) is 13.4 Å². The Hall–Kier alpha value is -2.97. The van der Waals surface area contributed by atoms with Crippen molar-refractivity contribution in [3.05, 3.63) is 35.5 Å². The number of alkyl halides is 3. The fourth-order valence-corrected chi connectivity index (χ4v) is 5.78. The van der Waals surface area contributed by atoms with Gasteiger partial charge in [0.15, 0.2) is 0 Å². The van der Waals surface area contributed by atoms with Crippen molar-refractivity contribution in [2.24, 2.45) is 11.5 Å². The normalized spacial score (nSPS) is 19.7. The summed E-state index contributed by atoms with van der Waals surface area (Å²) < 4.78 is 68.1. The van der Waals surface area contributed by atoms with E-state index in [0.717, 1.165) is 29.3 Å². The van der Waals surface area contributed by atoms with Gasteiger partial charge in [-0.1, -0.05) is 0 Å². The van der Waals surface area contributed by atoms with E-state index in [-0.39, 0.29) is 42.1 Å². The molecule has 10 nitrogen and oxygen atoms in total. The number of anilines is 3. The Morgan fingerprint density at radius 2 is 1.83 bits per heavy atom. The first-order valence-corrected chi connectivity index (χ1v) is 12.6. The minimum atomic E-state index is -4.81. The molecule has 1 atom stereocenters. The smallest absolute Gasteiger partial charge is 0.365 e. The van der Waals surface area contributed by atoms with E-state index in [1.807, 2.05) is 0 Å². The number of benzene rings is 1. The summed E-state index contributed by atoms with van der Waals surface area (Å²) in [7, 11) is -4.15. The lowest BCUT2D eigenvalue weighted by Crippen LogP contribution is -2.43. The van der Waals surface area contributed by atoms with Crippen LogP contribution in [0, 0.1) is 0 Å². The standard InChI is InChI=1S/C21H26F3N7O3S/c22-21(23,24)13-8-15(10-16(9-13)35(33,34)31-6-1-2-7-31)28-19-17(18(26)32)11-27-20(29-19)30-5-3-4-14(25)12-30/h8-11,14H,1-7,12,25H2,(H2,26,32)(H,27,28,29). The number of rotatable bonds is 6. The zero-order chi connectivity index (χ0) is 25.4. The molecule has 0 spiro atoms. The second-order valence-corrected chi connectivity index (χ2v) is 10.6. The zero-order valence-electron chi connectivity index (χ0n) is 18.8. The van der Waals surface area contributed by atoms with Crippen molar-refractivity contribution in [1.29, 1.82) is 0 Å². The van der Waals surface area contributed by atoms with Gasteiger partial charge in [-0.15, -0.1) is 0 Å². The maximum atomic E-state index is 13.6. The van der Waals surface area contributed by atoms with E-state index in [9.17, 15) is 26.4 Å². The van der Waals surface area contributed by atoms with Crippen molar-refractivity contribution in [1.82, 2.24) is 14.3 Å². The predicted molar refractivity (Wildman–Crippen MR) is 123 cm³/mol. The van der Waals surface area contributed by atoms with Crippen LogP contribution >= 0.6 is 0 Å². The Kier molecular flexibility index (Phi) is 6.88. The number of halogens is 3. The summed E-state index contributed by atoms with van der Waals surface area (Å²) in [5.74, 6) is -0.804. The highest BCUT2D eigenvalue weighted by atomic mass is 32.2. The van der Waals surface area contributed by atoms with Gasteiger partial charge >= 0.3 is 6.18 Å². The number of carbonyl (C=O) groups excluding carboxylic acids is 1. The SMILES string of the molecule is NC(=O)c1cnc(N2CCCC(N)C2)nc1Nc1cc(C(F)(F)F)cc(S(=O)(=O)N2CCCC2)c1. The van der Waals surface area contributed by atoms with Crippen LogP contribution in [-0.4, -0.2) is 60.8 Å². The number of carbonyl (C=O) groups is 1. The average Bonchev–Trinajstić information content (AvgIpc) is 3.34. The van der Waals surface area contributed by atoms with Gasteiger partial charge in [0.1, 0.15) is 11.4 Å². The third kappa shape index (κ3) is 5.49. The van der Waals surface area contributed by atoms with Crippen LogP contribution in [-0.2, 0) is 16.2 Å². The Morgan fingerprint density at radius 3 is 2.46 bits per heavy atom. The van der Waals surface area contributed by atoms with Crippen LogP contribution in [0.4, 0.5) is 30.6 Å². The lowest BCUT2D eigenvalue weighted by molar-refractivity contribution is -0.137. The van der Waals surface area contributed by atoms with E-state index in [4.69, 9.17) is 11.5 Å². The number of primary amides is 1. The summed E-state index contributed by atoms with van der Waals surface area (Å²) in [6, 6.07) is 2.36. The van der Waals surface area contributed by atoms with Crippen LogP contribution < -0.4 is 21.7 Å². The van der Waals surface area contributed by atoms with Crippen molar-refractivity contribution in [3.63, 3.8) is 0 Å². The topological polar surface area (TPSA) is 148 Å². The second-order valence-electron chi connectivity index (χ2n) is 8.62. The number of nitrogens with zero attached hydrogens (tertiary/aromatic N) is 4. The van der Waals surface area contributed by atoms with E-state index in [1.165, 1.54) is 6.20 Å². The molecule has 5 N–H and O–H groups in total.